The average Bonchev–Trinajstić information content (AvgIpc) is 3.09. The van der Waals surface area contributed by atoms with E-state index in [-0.39, 0.29) is 11.7 Å². The van der Waals surface area contributed by atoms with Gasteiger partial charge >= 0.3 is 0 Å². The van der Waals surface area contributed by atoms with Crippen molar-refractivity contribution in [1.29, 1.82) is 0 Å². The number of aryl methyl sites for hydroxylation is 1. The van der Waals surface area contributed by atoms with Crippen LogP contribution in [0.5, 0.6) is 0 Å². The van der Waals surface area contributed by atoms with E-state index in [2.05, 4.69) is 16.3 Å². The Labute approximate surface area is 135 Å². The number of nitrogens with one attached hydrogen (secondary N) is 1. The molecular formula is C18H20FN3O. The molecule has 5 heteroatoms. The molecule has 0 radical (unpaired) electrons. The Hall–Kier alpha value is -2.43. The van der Waals surface area contributed by atoms with Crippen molar-refractivity contribution in [2.24, 2.45) is 0 Å². The summed E-state index contributed by atoms with van der Waals surface area (Å²) in [7, 11) is 0. The monoisotopic (exact) mass is 313 g/mol. The first-order valence-electron chi connectivity index (χ1n) is 7.93. The van der Waals surface area contributed by atoms with E-state index in [0.717, 1.165) is 36.9 Å². The molecule has 0 fully saturated rings. The van der Waals surface area contributed by atoms with Gasteiger partial charge in [-0.05, 0) is 48.1 Å². The maximum absolute atomic E-state index is 13.0. The van der Waals surface area contributed by atoms with Gasteiger partial charge in [-0.3, -0.25) is 9.89 Å². The minimum Gasteiger partial charge on any atom is -0.339 e. The first-order valence-corrected chi connectivity index (χ1v) is 7.93. The smallest absolute Gasteiger partial charge is 0.222 e. The van der Waals surface area contributed by atoms with Gasteiger partial charge in [0.25, 0.3) is 0 Å². The number of hydrogen-bond acceptors (Lipinski definition) is 2. The Kier molecular flexibility index (Phi) is 4.86. The second kappa shape index (κ2) is 7.22. The summed E-state index contributed by atoms with van der Waals surface area (Å²) in [5, 5.41) is 6.68. The zero-order valence-electron chi connectivity index (χ0n) is 13.0. The Morgan fingerprint density at radius 3 is 2.78 bits per heavy atom. The predicted molar refractivity (Wildman–Crippen MR) is 87.1 cm³/mol. The highest BCUT2D eigenvalue weighted by atomic mass is 19.1. The quantitative estimate of drug-likeness (QED) is 0.921. The number of benzene rings is 1. The SMILES string of the molecule is O=C(CCCc1cn[nH]c1)N1CC=C(c2ccc(F)cc2)CC1. The molecule has 0 spiro atoms. The molecule has 4 nitrogen and oxygen atoms in total. The zero-order valence-corrected chi connectivity index (χ0v) is 13.0. The molecular weight excluding hydrogens is 293 g/mol. The minimum atomic E-state index is -0.223. The third-order valence-electron chi connectivity index (χ3n) is 4.19. The second-order valence-corrected chi connectivity index (χ2v) is 5.79. The Morgan fingerprint density at radius 1 is 1.30 bits per heavy atom. The van der Waals surface area contributed by atoms with Crippen molar-refractivity contribution in [3.05, 3.63) is 59.7 Å². The van der Waals surface area contributed by atoms with Crippen LogP contribution in [-0.2, 0) is 11.2 Å². The van der Waals surface area contributed by atoms with Crippen LogP contribution in [0.15, 0.2) is 42.7 Å². The summed E-state index contributed by atoms with van der Waals surface area (Å²) in [5.41, 5.74) is 3.36. The number of hydrogen-bond donors (Lipinski definition) is 1. The third kappa shape index (κ3) is 4.06. The zero-order chi connectivity index (χ0) is 16.1. The first-order chi connectivity index (χ1) is 11.2. The van der Waals surface area contributed by atoms with Crippen LogP contribution in [0.25, 0.3) is 5.57 Å². The molecule has 0 bridgehead atoms. The highest BCUT2D eigenvalue weighted by Crippen LogP contribution is 2.23. The molecule has 1 aromatic carbocycles. The van der Waals surface area contributed by atoms with E-state index in [1.165, 1.54) is 17.7 Å². The number of carbonyl (C=O) groups excluding carboxylic acids is 1. The van der Waals surface area contributed by atoms with Gasteiger partial charge in [0.2, 0.25) is 5.91 Å². The van der Waals surface area contributed by atoms with E-state index in [9.17, 15) is 9.18 Å². The summed E-state index contributed by atoms with van der Waals surface area (Å²) < 4.78 is 13.0. The van der Waals surface area contributed by atoms with Crippen LogP contribution >= 0.6 is 0 Å². The molecule has 2 aromatic rings. The van der Waals surface area contributed by atoms with Gasteiger partial charge in [0.15, 0.2) is 0 Å². The summed E-state index contributed by atoms with van der Waals surface area (Å²) in [6, 6.07) is 6.54. The van der Waals surface area contributed by atoms with Crippen LogP contribution in [0.4, 0.5) is 4.39 Å². The minimum absolute atomic E-state index is 0.197. The summed E-state index contributed by atoms with van der Waals surface area (Å²) in [4.78, 5) is 14.1. The molecule has 0 saturated carbocycles. The molecule has 2 heterocycles. The van der Waals surface area contributed by atoms with Crippen LogP contribution < -0.4 is 0 Å². The number of halogens is 1. The van der Waals surface area contributed by atoms with Gasteiger partial charge in [-0.2, -0.15) is 5.10 Å². The molecule has 1 amide bonds. The number of rotatable bonds is 5. The van der Waals surface area contributed by atoms with E-state index >= 15 is 0 Å². The molecule has 0 aliphatic carbocycles. The topological polar surface area (TPSA) is 49.0 Å². The van der Waals surface area contributed by atoms with Gasteiger partial charge in [0.05, 0.1) is 6.20 Å². The number of H-pyrrole nitrogens is 1. The Balaban J connectivity index is 1.49. The predicted octanol–water partition coefficient (Wildman–Crippen LogP) is 3.19. The normalized spacial score (nSPS) is 14.7. The van der Waals surface area contributed by atoms with E-state index < -0.39 is 0 Å². The molecule has 120 valence electrons. The summed E-state index contributed by atoms with van der Waals surface area (Å²) in [5.74, 6) is -0.0255. The van der Waals surface area contributed by atoms with Gasteiger partial charge in [-0.25, -0.2) is 4.39 Å². The van der Waals surface area contributed by atoms with Gasteiger partial charge in [-0.15, -0.1) is 0 Å². The van der Waals surface area contributed by atoms with E-state index in [1.54, 1.807) is 18.3 Å². The highest BCUT2D eigenvalue weighted by molar-refractivity contribution is 5.78. The van der Waals surface area contributed by atoms with E-state index in [1.807, 2.05) is 11.1 Å². The van der Waals surface area contributed by atoms with Crippen molar-refractivity contribution in [3.63, 3.8) is 0 Å². The number of carbonyl (C=O) groups is 1. The molecule has 0 atom stereocenters. The molecule has 3 rings (SSSR count). The fraction of sp³-hybridized carbons (Fsp3) is 0.333. The lowest BCUT2D eigenvalue weighted by atomic mass is 9.99. The van der Waals surface area contributed by atoms with Crippen LogP contribution in [0, 0.1) is 5.82 Å². The maximum Gasteiger partial charge on any atom is 0.222 e. The molecule has 1 aromatic heterocycles. The fourth-order valence-corrected chi connectivity index (χ4v) is 2.84. The molecule has 0 unspecified atom stereocenters. The molecule has 0 saturated heterocycles. The second-order valence-electron chi connectivity index (χ2n) is 5.79. The van der Waals surface area contributed by atoms with Crippen molar-refractivity contribution in [1.82, 2.24) is 15.1 Å². The van der Waals surface area contributed by atoms with Crippen molar-refractivity contribution in [2.45, 2.75) is 25.7 Å². The summed E-state index contributed by atoms with van der Waals surface area (Å²) in [6.07, 6.45) is 8.82. The van der Waals surface area contributed by atoms with Crippen molar-refractivity contribution < 1.29 is 9.18 Å². The first kappa shape index (κ1) is 15.5. The number of nitrogens with zero attached hydrogens (tertiary/aromatic N) is 2. The lowest BCUT2D eigenvalue weighted by Crippen LogP contribution is -2.34. The summed E-state index contributed by atoms with van der Waals surface area (Å²) in [6.45, 7) is 1.37. The van der Waals surface area contributed by atoms with Crippen molar-refractivity contribution in [2.75, 3.05) is 13.1 Å². The maximum atomic E-state index is 13.0. The van der Waals surface area contributed by atoms with Crippen LogP contribution in [0.3, 0.4) is 0 Å². The van der Waals surface area contributed by atoms with Gasteiger partial charge in [-0.1, -0.05) is 18.2 Å². The van der Waals surface area contributed by atoms with Crippen molar-refractivity contribution in [3.8, 4) is 0 Å². The molecule has 1 N–H and O–H groups in total. The van der Waals surface area contributed by atoms with Crippen LogP contribution in [0.1, 0.15) is 30.4 Å². The largest absolute Gasteiger partial charge is 0.339 e. The van der Waals surface area contributed by atoms with Gasteiger partial charge in [0, 0.05) is 25.7 Å². The van der Waals surface area contributed by atoms with Gasteiger partial charge in [0.1, 0.15) is 5.82 Å². The fourth-order valence-electron chi connectivity index (χ4n) is 2.84. The Morgan fingerprint density at radius 2 is 2.13 bits per heavy atom. The molecule has 23 heavy (non-hydrogen) atoms. The summed E-state index contributed by atoms with van der Waals surface area (Å²) >= 11 is 0. The molecule has 1 aliphatic rings. The van der Waals surface area contributed by atoms with Crippen molar-refractivity contribution >= 4 is 11.5 Å². The third-order valence-corrected chi connectivity index (χ3v) is 4.19. The standard InChI is InChI=1S/C18H20FN3O/c19-17-6-4-15(5-7-17)16-8-10-22(11-9-16)18(23)3-1-2-14-12-20-21-13-14/h4-8,12-13H,1-3,9-11H2,(H,20,21). The lowest BCUT2D eigenvalue weighted by molar-refractivity contribution is -0.130. The van der Waals surface area contributed by atoms with Crippen LogP contribution in [0.2, 0.25) is 0 Å². The van der Waals surface area contributed by atoms with E-state index in [4.69, 9.17) is 0 Å². The average molecular weight is 313 g/mol. The highest BCUT2D eigenvalue weighted by Gasteiger charge is 2.17. The van der Waals surface area contributed by atoms with Gasteiger partial charge < -0.3 is 4.90 Å². The number of aromatic nitrogens is 2. The van der Waals surface area contributed by atoms with Crippen LogP contribution in [-0.4, -0.2) is 34.1 Å². The Bertz CT molecular complexity index is 677. The molecule has 1 aliphatic heterocycles. The number of aromatic amines is 1. The number of amides is 1. The van der Waals surface area contributed by atoms with E-state index in [0.29, 0.717) is 13.0 Å². The lowest BCUT2D eigenvalue weighted by Gasteiger charge is -2.26.